The Labute approximate surface area is 128 Å². The molecule has 1 aromatic carbocycles. The van der Waals surface area contributed by atoms with Gasteiger partial charge in [0.1, 0.15) is 0 Å². The summed E-state index contributed by atoms with van der Waals surface area (Å²) in [4.78, 5) is 2.45. The fourth-order valence-electron chi connectivity index (χ4n) is 3.40. The van der Waals surface area contributed by atoms with Gasteiger partial charge < -0.3 is 15.2 Å². The molecule has 0 bridgehead atoms. The van der Waals surface area contributed by atoms with Gasteiger partial charge in [0.2, 0.25) is 0 Å². The molecule has 0 fully saturated rings. The Morgan fingerprint density at radius 1 is 1.29 bits per heavy atom. The Balaban J connectivity index is 2.16. The number of methoxy groups -OCH3 is 2. The van der Waals surface area contributed by atoms with Gasteiger partial charge in [-0.3, -0.25) is 4.90 Å². The van der Waals surface area contributed by atoms with Gasteiger partial charge in [-0.15, -0.1) is 0 Å². The van der Waals surface area contributed by atoms with Crippen molar-refractivity contribution in [3.8, 4) is 0 Å². The summed E-state index contributed by atoms with van der Waals surface area (Å²) in [6.45, 7) is 4.53. The summed E-state index contributed by atoms with van der Waals surface area (Å²) in [5, 5.41) is 0. The number of nitrogens with two attached hydrogens (primary N) is 1. The standard InChI is InChI=1S/C17H28N2O2/c1-13(12-21-3)19(10-11-20-2)16-9-8-14-6-4-5-7-15(14)17(16)18/h4-7,13,16-17H,8-12,18H2,1-3H3. The van der Waals surface area contributed by atoms with Crippen LogP contribution >= 0.6 is 0 Å². The van der Waals surface area contributed by atoms with E-state index >= 15 is 0 Å². The van der Waals surface area contributed by atoms with Crippen LogP contribution in [0.2, 0.25) is 0 Å². The first-order valence-electron chi connectivity index (χ1n) is 7.76. The average Bonchev–Trinajstić information content (AvgIpc) is 2.50. The van der Waals surface area contributed by atoms with E-state index in [1.165, 1.54) is 11.1 Å². The van der Waals surface area contributed by atoms with Crippen molar-refractivity contribution in [2.24, 2.45) is 5.73 Å². The fraction of sp³-hybridized carbons (Fsp3) is 0.647. The van der Waals surface area contributed by atoms with Crippen LogP contribution in [-0.4, -0.2) is 51.0 Å². The molecule has 0 radical (unpaired) electrons. The molecule has 0 saturated heterocycles. The van der Waals surface area contributed by atoms with E-state index in [9.17, 15) is 0 Å². The quantitative estimate of drug-likeness (QED) is 0.835. The van der Waals surface area contributed by atoms with Crippen molar-refractivity contribution >= 4 is 0 Å². The summed E-state index contributed by atoms with van der Waals surface area (Å²) in [6.07, 6.45) is 2.19. The Hall–Kier alpha value is -0.940. The smallest absolute Gasteiger partial charge is 0.0615 e. The molecule has 2 rings (SSSR count). The zero-order valence-corrected chi connectivity index (χ0v) is 13.4. The maximum absolute atomic E-state index is 6.57. The lowest BCUT2D eigenvalue weighted by Gasteiger charge is -2.42. The largest absolute Gasteiger partial charge is 0.383 e. The Morgan fingerprint density at radius 3 is 2.76 bits per heavy atom. The van der Waals surface area contributed by atoms with Gasteiger partial charge in [0.05, 0.1) is 13.2 Å². The van der Waals surface area contributed by atoms with Crippen molar-refractivity contribution in [1.82, 2.24) is 4.90 Å². The molecular weight excluding hydrogens is 264 g/mol. The lowest BCUT2D eigenvalue weighted by atomic mass is 9.83. The Kier molecular flexibility index (Phi) is 6.18. The number of rotatable bonds is 7. The summed E-state index contributed by atoms with van der Waals surface area (Å²) in [6, 6.07) is 9.30. The maximum atomic E-state index is 6.57. The molecular formula is C17H28N2O2. The SMILES string of the molecule is COCCN(C(C)COC)C1CCc2ccccc2C1N. The van der Waals surface area contributed by atoms with Crippen molar-refractivity contribution in [1.29, 1.82) is 0 Å². The molecule has 4 nitrogen and oxygen atoms in total. The van der Waals surface area contributed by atoms with Gasteiger partial charge in [-0.2, -0.15) is 0 Å². The number of aryl methyl sites for hydroxylation is 1. The minimum atomic E-state index is 0.0612. The summed E-state index contributed by atoms with van der Waals surface area (Å²) in [5.41, 5.74) is 9.26. The number of ether oxygens (including phenoxy) is 2. The van der Waals surface area contributed by atoms with E-state index < -0.39 is 0 Å². The fourth-order valence-corrected chi connectivity index (χ4v) is 3.40. The predicted octanol–water partition coefficient (Wildman–Crippen LogP) is 1.98. The number of hydrogen-bond acceptors (Lipinski definition) is 4. The van der Waals surface area contributed by atoms with Crippen molar-refractivity contribution in [3.05, 3.63) is 35.4 Å². The molecule has 3 unspecified atom stereocenters. The normalized spacial score (nSPS) is 23.1. The van der Waals surface area contributed by atoms with Gasteiger partial charge in [-0.1, -0.05) is 24.3 Å². The minimum absolute atomic E-state index is 0.0612. The van der Waals surface area contributed by atoms with Gasteiger partial charge in [0.15, 0.2) is 0 Å². The van der Waals surface area contributed by atoms with E-state index in [1.807, 2.05) is 0 Å². The highest BCUT2D eigenvalue weighted by Gasteiger charge is 2.33. The summed E-state index contributed by atoms with van der Waals surface area (Å²) < 4.78 is 10.6. The Morgan fingerprint density at radius 2 is 2.05 bits per heavy atom. The summed E-state index contributed by atoms with van der Waals surface area (Å²) in [7, 11) is 3.50. The molecule has 3 atom stereocenters. The first kappa shape index (κ1) is 16.4. The van der Waals surface area contributed by atoms with E-state index in [-0.39, 0.29) is 6.04 Å². The van der Waals surface area contributed by atoms with Crippen molar-refractivity contribution < 1.29 is 9.47 Å². The molecule has 0 spiro atoms. The minimum Gasteiger partial charge on any atom is -0.383 e. The highest BCUT2D eigenvalue weighted by atomic mass is 16.5. The highest BCUT2D eigenvalue weighted by molar-refractivity contribution is 5.33. The second kappa shape index (κ2) is 7.90. The van der Waals surface area contributed by atoms with Gasteiger partial charge in [-0.25, -0.2) is 0 Å². The molecule has 2 N–H and O–H groups in total. The maximum Gasteiger partial charge on any atom is 0.0615 e. The molecule has 0 aromatic heterocycles. The molecule has 0 saturated carbocycles. The van der Waals surface area contributed by atoms with E-state index in [4.69, 9.17) is 15.2 Å². The van der Waals surface area contributed by atoms with Crippen LogP contribution in [0.3, 0.4) is 0 Å². The van der Waals surface area contributed by atoms with Crippen LogP contribution in [0.4, 0.5) is 0 Å². The van der Waals surface area contributed by atoms with Gasteiger partial charge in [0, 0.05) is 38.9 Å². The second-order valence-electron chi connectivity index (χ2n) is 5.87. The predicted molar refractivity (Wildman–Crippen MR) is 85.4 cm³/mol. The average molecular weight is 292 g/mol. The van der Waals surface area contributed by atoms with Crippen LogP contribution in [0, 0.1) is 0 Å². The van der Waals surface area contributed by atoms with Gasteiger partial charge in [-0.05, 0) is 30.9 Å². The number of fused-ring (bicyclic) bond motifs is 1. The molecule has 1 aromatic rings. The van der Waals surface area contributed by atoms with Crippen molar-refractivity contribution in [2.75, 3.05) is 34.0 Å². The van der Waals surface area contributed by atoms with Crippen LogP contribution in [0.25, 0.3) is 0 Å². The summed E-state index contributed by atoms with van der Waals surface area (Å²) >= 11 is 0. The highest BCUT2D eigenvalue weighted by Crippen LogP contribution is 2.32. The molecule has 21 heavy (non-hydrogen) atoms. The third-order valence-corrected chi connectivity index (χ3v) is 4.49. The van der Waals surface area contributed by atoms with Crippen molar-refractivity contribution in [3.63, 3.8) is 0 Å². The van der Waals surface area contributed by atoms with Gasteiger partial charge >= 0.3 is 0 Å². The van der Waals surface area contributed by atoms with E-state index in [1.54, 1.807) is 14.2 Å². The zero-order chi connectivity index (χ0) is 15.2. The molecule has 0 aliphatic heterocycles. The molecule has 4 heteroatoms. The van der Waals surface area contributed by atoms with Crippen LogP contribution in [0.15, 0.2) is 24.3 Å². The molecule has 1 aliphatic rings. The van der Waals surface area contributed by atoms with Crippen LogP contribution in [-0.2, 0) is 15.9 Å². The molecule has 0 heterocycles. The number of benzene rings is 1. The first-order chi connectivity index (χ1) is 10.2. The van der Waals surface area contributed by atoms with E-state index in [0.717, 1.165) is 26.0 Å². The van der Waals surface area contributed by atoms with E-state index in [2.05, 4.69) is 36.1 Å². The molecule has 118 valence electrons. The van der Waals surface area contributed by atoms with E-state index in [0.29, 0.717) is 18.7 Å². The third kappa shape index (κ3) is 3.83. The lowest BCUT2D eigenvalue weighted by molar-refractivity contribution is 0.0337. The molecule has 0 amide bonds. The topological polar surface area (TPSA) is 47.7 Å². The third-order valence-electron chi connectivity index (χ3n) is 4.49. The first-order valence-corrected chi connectivity index (χ1v) is 7.76. The number of hydrogen-bond donors (Lipinski definition) is 1. The number of nitrogens with zero attached hydrogens (tertiary/aromatic N) is 1. The Bertz CT molecular complexity index is 439. The summed E-state index contributed by atoms with van der Waals surface area (Å²) in [5.74, 6) is 0. The molecule has 1 aliphatic carbocycles. The van der Waals surface area contributed by atoms with Crippen LogP contribution in [0.5, 0.6) is 0 Å². The zero-order valence-electron chi connectivity index (χ0n) is 13.4. The van der Waals surface area contributed by atoms with Crippen LogP contribution < -0.4 is 5.73 Å². The monoisotopic (exact) mass is 292 g/mol. The van der Waals surface area contributed by atoms with Crippen LogP contribution in [0.1, 0.15) is 30.5 Å². The lowest BCUT2D eigenvalue weighted by Crippen LogP contribution is -2.51. The second-order valence-corrected chi connectivity index (χ2v) is 5.87. The van der Waals surface area contributed by atoms with Crippen molar-refractivity contribution in [2.45, 2.75) is 37.9 Å². The van der Waals surface area contributed by atoms with Gasteiger partial charge in [0.25, 0.3) is 0 Å².